The number of benzene rings is 1. The van der Waals surface area contributed by atoms with Gasteiger partial charge in [0.15, 0.2) is 0 Å². The molecule has 120 valence electrons. The average molecular weight is 308 g/mol. The minimum absolute atomic E-state index is 0.146. The van der Waals surface area contributed by atoms with Crippen LogP contribution in [0.4, 0.5) is 0 Å². The smallest absolute Gasteiger partial charge is 0.253 e. The zero-order valence-corrected chi connectivity index (χ0v) is 13.7. The SMILES string of the molecule is Cc1ccccc1CC[C@H]1CCCN(C(=O)c2ccncc2)C1. The Kier molecular flexibility index (Phi) is 5.06. The highest BCUT2D eigenvalue weighted by Gasteiger charge is 2.24. The molecule has 1 aliphatic rings. The normalized spacial score (nSPS) is 18.0. The van der Waals surface area contributed by atoms with E-state index in [4.69, 9.17) is 0 Å². The van der Waals surface area contributed by atoms with E-state index >= 15 is 0 Å². The van der Waals surface area contributed by atoms with Gasteiger partial charge in [0.25, 0.3) is 5.91 Å². The van der Waals surface area contributed by atoms with Gasteiger partial charge in [-0.1, -0.05) is 24.3 Å². The molecule has 2 aromatic rings. The van der Waals surface area contributed by atoms with Crippen LogP contribution in [0.25, 0.3) is 0 Å². The van der Waals surface area contributed by atoms with E-state index in [0.717, 1.165) is 37.9 Å². The van der Waals surface area contributed by atoms with Crippen molar-refractivity contribution in [3.05, 3.63) is 65.5 Å². The second-order valence-electron chi connectivity index (χ2n) is 6.46. The lowest BCUT2D eigenvalue weighted by atomic mass is 9.90. The Balaban J connectivity index is 1.58. The first-order chi connectivity index (χ1) is 11.2. The molecule has 0 bridgehead atoms. The monoisotopic (exact) mass is 308 g/mol. The topological polar surface area (TPSA) is 33.2 Å². The van der Waals surface area contributed by atoms with Crippen molar-refractivity contribution < 1.29 is 4.79 Å². The van der Waals surface area contributed by atoms with Gasteiger partial charge in [0.2, 0.25) is 0 Å². The first kappa shape index (κ1) is 15.7. The summed E-state index contributed by atoms with van der Waals surface area (Å²) in [5.41, 5.74) is 3.55. The summed E-state index contributed by atoms with van der Waals surface area (Å²) in [5, 5.41) is 0. The first-order valence-corrected chi connectivity index (χ1v) is 8.48. The van der Waals surface area contributed by atoms with Gasteiger partial charge in [-0.05, 0) is 61.8 Å². The Morgan fingerprint density at radius 3 is 2.78 bits per heavy atom. The average Bonchev–Trinajstić information content (AvgIpc) is 2.61. The molecular formula is C20H24N2O. The molecule has 0 aliphatic carbocycles. The minimum Gasteiger partial charge on any atom is -0.338 e. The van der Waals surface area contributed by atoms with E-state index in [1.807, 2.05) is 4.90 Å². The van der Waals surface area contributed by atoms with Gasteiger partial charge in [-0.2, -0.15) is 0 Å². The number of aryl methyl sites for hydroxylation is 2. The van der Waals surface area contributed by atoms with E-state index in [9.17, 15) is 4.79 Å². The Hall–Kier alpha value is -2.16. The molecule has 1 amide bonds. The highest BCUT2D eigenvalue weighted by atomic mass is 16.2. The Bertz CT molecular complexity index is 654. The fourth-order valence-corrected chi connectivity index (χ4v) is 3.41. The molecule has 2 heterocycles. The van der Waals surface area contributed by atoms with Gasteiger partial charge < -0.3 is 4.90 Å². The number of carbonyl (C=O) groups excluding carboxylic acids is 1. The second-order valence-corrected chi connectivity index (χ2v) is 6.46. The molecule has 1 aromatic carbocycles. The molecule has 1 atom stereocenters. The molecule has 0 radical (unpaired) electrons. The van der Waals surface area contributed by atoms with Crippen molar-refractivity contribution in [3.8, 4) is 0 Å². The number of piperidine rings is 1. The molecular weight excluding hydrogens is 284 g/mol. The predicted octanol–water partition coefficient (Wildman–Crippen LogP) is 3.88. The Labute approximate surface area is 138 Å². The fourth-order valence-electron chi connectivity index (χ4n) is 3.41. The predicted molar refractivity (Wildman–Crippen MR) is 92.4 cm³/mol. The number of carbonyl (C=O) groups is 1. The van der Waals surface area contributed by atoms with Crippen LogP contribution in [-0.2, 0) is 6.42 Å². The number of nitrogens with zero attached hydrogens (tertiary/aromatic N) is 2. The molecule has 3 nitrogen and oxygen atoms in total. The molecule has 1 aliphatic heterocycles. The zero-order chi connectivity index (χ0) is 16.1. The van der Waals surface area contributed by atoms with Crippen LogP contribution in [0.2, 0.25) is 0 Å². The summed E-state index contributed by atoms with van der Waals surface area (Å²) in [7, 11) is 0. The maximum absolute atomic E-state index is 12.6. The first-order valence-electron chi connectivity index (χ1n) is 8.48. The molecule has 1 aromatic heterocycles. The Morgan fingerprint density at radius 2 is 2.00 bits per heavy atom. The maximum Gasteiger partial charge on any atom is 0.253 e. The van der Waals surface area contributed by atoms with Crippen molar-refractivity contribution in [1.82, 2.24) is 9.88 Å². The molecule has 0 unspecified atom stereocenters. The summed E-state index contributed by atoms with van der Waals surface area (Å²) in [4.78, 5) is 18.6. The zero-order valence-electron chi connectivity index (χ0n) is 13.7. The maximum atomic E-state index is 12.6. The summed E-state index contributed by atoms with van der Waals surface area (Å²) < 4.78 is 0. The number of rotatable bonds is 4. The van der Waals surface area contributed by atoms with Crippen molar-refractivity contribution in [2.75, 3.05) is 13.1 Å². The number of likely N-dealkylation sites (tertiary alicyclic amines) is 1. The van der Waals surface area contributed by atoms with Crippen LogP contribution in [0, 0.1) is 12.8 Å². The van der Waals surface area contributed by atoms with Gasteiger partial charge in [0, 0.05) is 31.0 Å². The van der Waals surface area contributed by atoms with Crippen LogP contribution in [0.3, 0.4) is 0 Å². The third-order valence-electron chi connectivity index (χ3n) is 4.82. The summed E-state index contributed by atoms with van der Waals surface area (Å²) in [6.45, 7) is 3.94. The third-order valence-corrected chi connectivity index (χ3v) is 4.82. The number of hydrogen-bond donors (Lipinski definition) is 0. The lowest BCUT2D eigenvalue weighted by molar-refractivity contribution is 0.0668. The van der Waals surface area contributed by atoms with Crippen LogP contribution in [0.5, 0.6) is 0 Å². The highest BCUT2D eigenvalue weighted by molar-refractivity contribution is 5.94. The number of hydrogen-bond acceptors (Lipinski definition) is 2. The van der Waals surface area contributed by atoms with Gasteiger partial charge in [0.1, 0.15) is 0 Å². The van der Waals surface area contributed by atoms with Crippen LogP contribution >= 0.6 is 0 Å². The summed E-state index contributed by atoms with van der Waals surface area (Å²) >= 11 is 0. The van der Waals surface area contributed by atoms with Gasteiger partial charge in [-0.25, -0.2) is 0 Å². The molecule has 3 rings (SSSR count). The molecule has 0 N–H and O–H groups in total. The minimum atomic E-state index is 0.146. The summed E-state index contributed by atoms with van der Waals surface area (Å²) in [5.74, 6) is 0.752. The van der Waals surface area contributed by atoms with Crippen LogP contribution in [0.15, 0.2) is 48.8 Å². The van der Waals surface area contributed by atoms with E-state index in [0.29, 0.717) is 5.92 Å². The van der Waals surface area contributed by atoms with Crippen LogP contribution in [0.1, 0.15) is 40.7 Å². The quantitative estimate of drug-likeness (QED) is 0.859. The largest absolute Gasteiger partial charge is 0.338 e. The number of amides is 1. The van der Waals surface area contributed by atoms with Crippen molar-refractivity contribution in [2.24, 2.45) is 5.92 Å². The molecule has 1 saturated heterocycles. The van der Waals surface area contributed by atoms with Gasteiger partial charge in [-0.3, -0.25) is 9.78 Å². The number of aromatic nitrogens is 1. The molecule has 0 spiro atoms. The van der Waals surface area contributed by atoms with Crippen LogP contribution in [-0.4, -0.2) is 28.9 Å². The van der Waals surface area contributed by atoms with E-state index in [2.05, 4.69) is 36.2 Å². The van der Waals surface area contributed by atoms with E-state index < -0.39 is 0 Å². The molecule has 0 saturated carbocycles. The Morgan fingerprint density at radius 1 is 1.22 bits per heavy atom. The summed E-state index contributed by atoms with van der Waals surface area (Å²) in [6.07, 6.45) is 7.97. The van der Waals surface area contributed by atoms with Gasteiger partial charge >= 0.3 is 0 Å². The van der Waals surface area contributed by atoms with E-state index in [1.165, 1.54) is 17.5 Å². The van der Waals surface area contributed by atoms with Crippen molar-refractivity contribution >= 4 is 5.91 Å². The summed E-state index contributed by atoms with van der Waals surface area (Å²) in [6, 6.07) is 12.2. The standard InChI is InChI=1S/C20H24N2O/c1-16-5-2-3-7-18(16)9-8-17-6-4-14-22(15-17)20(23)19-10-12-21-13-11-19/h2-3,5,7,10-13,17H,4,6,8-9,14-15H2,1H3/t17-/m1/s1. The van der Waals surface area contributed by atoms with Crippen LogP contribution < -0.4 is 0 Å². The van der Waals surface area contributed by atoms with Crippen molar-refractivity contribution in [3.63, 3.8) is 0 Å². The van der Waals surface area contributed by atoms with E-state index in [1.54, 1.807) is 24.5 Å². The van der Waals surface area contributed by atoms with Crippen molar-refractivity contribution in [2.45, 2.75) is 32.6 Å². The lowest BCUT2D eigenvalue weighted by Gasteiger charge is -2.33. The van der Waals surface area contributed by atoms with Gasteiger partial charge in [-0.15, -0.1) is 0 Å². The van der Waals surface area contributed by atoms with Gasteiger partial charge in [0.05, 0.1) is 0 Å². The molecule has 23 heavy (non-hydrogen) atoms. The lowest BCUT2D eigenvalue weighted by Crippen LogP contribution is -2.40. The molecule has 1 fully saturated rings. The number of pyridine rings is 1. The highest BCUT2D eigenvalue weighted by Crippen LogP contribution is 2.23. The van der Waals surface area contributed by atoms with E-state index in [-0.39, 0.29) is 5.91 Å². The molecule has 3 heteroatoms. The van der Waals surface area contributed by atoms with Crippen molar-refractivity contribution in [1.29, 1.82) is 0 Å². The third kappa shape index (κ3) is 3.98. The second kappa shape index (κ2) is 7.40. The fraction of sp³-hybridized carbons (Fsp3) is 0.400.